The average molecular weight is 260 g/mol. The van der Waals surface area contributed by atoms with Gasteiger partial charge >= 0.3 is 0 Å². The Kier molecular flexibility index (Phi) is 4.49. The first kappa shape index (κ1) is 13.1. The second-order valence-electron chi connectivity index (χ2n) is 5.65. The fraction of sp³-hybridized carbons (Fsp3) is 0.625. The van der Waals surface area contributed by atoms with Gasteiger partial charge in [-0.3, -0.25) is 4.90 Å². The molecule has 0 aromatic heterocycles. The average Bonchev–Trinajstić information content (AvgIpc) is 3.30. The number of rotatable bonds is 6. The molecule has 2 aliphatic rings. The summed E-state index contributed by atoms with van der Waals surface area (Å²) in [7, 11) is 0. The molecule has 3 rings (SSSR count). The molecule has 1 N–H and O–H groups in total. The quantitative estimate of drug-likeness (QED) is 0.792. The zero-order chi connectivity index (χ0) is 12.9. The van der Waals surface area contributed by atoms with Crippen molar-refractivity contribution >= 4 is 0 Å². The number of benzene rings is 1. The molecule has 3 nitrogen and oxygen atoms in total. The Morgan fingerprint density at radius 2 is 2.05 bits per heavy atom. The highest BCUT2D eigenvalue weighted by Crippen LogP contribution is 2.40. The maximum Gasteiger partial charge on any atom is 0.0594 e. The fourth-order valence-corrected chi connectivity index (χ4v) is 2.67. The van der Waals surface area contributed by atoms with Gasteiger partial charge in [0.1, 0.15) is 0 Å². The Morgan fingerprint density at radius 1 is 1.21 bits per heavy atom. The first-order chi connectivity index (χ1) is 9.42. The van der Waals surface area contributed by atoms with Crippen LogP contribution in [0.4, 0.5) is 0 Å². The molecular weight excluding hydrogens is 236 g/mol. The standard InChI is InChI=1S/C16H24N2O/c1-2-14(12-16(3-1)15-4-5-15)13-17-6-7-18-8-10-19-11-9-18/h1-3,12,15,17H,4-11,13H2. The van der Waals surface area contributed by atoms with Crippen LogP contribution in [-0.2, 0) is 11.3 Å². The van der Waals surface area contributed by atoms with E-state index in [-0.39, 0.29) is 0 Å². The maximum absolute atomic E-state index is 5.35. The highest BCUT2D eigenvalue weighted by atomic mass is 16.5. The van der Waals surface area contributed by atoms with Crippen LogP contribution in [0, 0.1) is 0 Å². The second-order valence-corrected chi connectivity index (χ2v) is 5.65. The van der Waals surface area contributed by atoms with Gasteiger partial charge in [0.2, 0.25) is 0 Å². The summed E-state index contributed by atoms with van der Waals surface area (Å²) < 4.78 is 5.35. The molecular formula is C16H24N2O. The van der Waals surface area contributed by atoms with Gasteiger partial charge in [0.25, 0.3) is 0 Å². The molecule has 0 radical (unpaired) electrons. The van der Waals surface area contributed by atoms with Crippen LogP contribution in [0.25, 0.3) is 0 Å². The molecule has 1 aromatic carbocycles. The predicted molar refractivity (Wildman–Crippen MR) is 77.4 cm³/mol. The van der Waals surface area contributed by atoms with Gasteiger partial charge in [-0.15, -0.1) is 0 Å². The van der Waals surface area contributed by atoms with Crippen molar-refractivity contribution in [1.29, 1.82) is 0 Å². The van der Waals surface area contributed by atoms with Crippen LogP contribution in [0.1, 0.15) is 29.9 Å². The van der Waals surface area contributed by atoms with Crippen molar-refractivity contribution in [3.05, 3.63) is 35.4 Å². The van der Waals surface area contributed by atoms with Crippen LogP contribution in [0.5, 0.6) is 0 Å². The van der Waals surface area contributed by atoms with E-state index in [2.05, 4.69) is 34.5 Å². The van der Waals surface area contributed by atoms with Crippen molar-refractivity contribution in [3.63, 3.8) is 0 Å². The molecule has 3 heteroatoms. The maximum atomic E-state index is 5.35. The molecule has 1 saturated heterocycles. The van der Waals surface area contributed by atoms with Crippen molar-refractivity contribution in [2.24, 2.45) is 0 Å². The molecule has 1 aromatic rings. The van der Waals surface area contributed by atoms with Gasteiger partial charge in [0.05, 0.1) is 13.2 Å². The van der Waals surface area contributed by atoms with E-state index in [0.717, 1.165) is 51.9 Å². The molecule has 1 saturated carbocycles. The highest BCUT2D eigenvalue weighted by molar-refractivity contribution is 5.29. The predicted octanol–water partition coefficient (Wildman–Crippen LogP) is 1.99. The molecule has 1 aliphatic heterocycles. The smallest absolute Gasteiger partial charge is 0.0594 e. The molecule has 0 atom stereocenters. The summed E-state index contributed by atoms with van der Waals surface area (Å²) >= 11 is 0. The van der Waals surface area contributed by atoms with Gasteiger partial charge in [0, 0.05) is 32.7 Å². The van der Waals surface area contributed by atoms with Crippen molar-refractivity contribution in [2.75, 3.05) is 39.4 Å². The van der Waals surface area contributed by atoms with Crippen LogP contribution in [-0.4, -0.2) is 44.3 Å². The number of ether oxygens (including phenoxy) is 1. The Bertz CT molecular complexity index is 397. The van der Waals surface area contributed by atoms with Crippen molar-refractivity contribution in [2.45, 2.75) is 25.3 Å². The van der Waals surface area contributed by atoms with Crippen LogP contribution in [0.15, 0.2) is 24.3 Å². The highest BCUT2D eigenvalue weighted by Gasteiger charge is 2.23. The molecule has 0 spiro atoms. The van der Waals surface area contributed by atoms with Crippen LogP contribution in [0.2, 0.25) is 0 Å². The second kappa shape index (κ2) is 6.51. The Morgan fingerprint density at radius 3 is 2.84 bits per heavy atom. The Hall–Kier alpha value is -0.900. The minimum atomic E-state index is 0.855. The molecule has 19 heavy (non-hydrogen) atoms. The monoisotopic (exact) mass is 260 g/mol. The summed E-state index contributed by atoms with van der Waals surface area (Å²) in [5.74, 6) is 0.855. The topological polar surface area (TPSA) is 24.5 Å². The summed E-state index contributed by atoms with van der Waals surface area (Å²) in [5.41, 5.74) is 2.96. The van der Waals surface area contributed by atoms with Gasteiger partial charge in [-0.2, -0.15) is 0 Å². The number of hydrogen-bond donors (Lipinski definition) is 1. The van der Waals surface area contributed by atoms with Gasteiger partial charge in [-0.25, -0.2) is 0 Å². The number of morpholine rings is 1. The van der Waals surface area contributed by atoms with Gasteiger partial charge < -0.3 is 10.1 Å². The summed E-state index contributed by atoms with van der Waals surface area (Å²) in [6.45, 7) is 7.13. The van der Waals surface area contributed by atoms with E-state index in [1.165, 1.54) is 24.0 Å². The third kappa shape index (κ3) is 4.03. The first-order valence-corrected chi connectivity index (χ1v) is 7.51. The third-order valence-corrected chi connectivity index (χ3v) is 4.04. The molecule has 1 aliphatic carbocycles. The molecule has 0 unspecified atom stereocenters. The SMILES string of the molecule is c1cc(CNCCN2CCOCC2)cc(C2CC2)c1. The zero-order valence-electron chi connectivity index (χ0n) is 11.6. The van der Waals surface area contributed by atoms with Crippen molar-refractivity contribution in [1.82, 2.24) is 10.2 Å². The summed E-state index contributed by atoms with van der Waals surface area (Å²) in [5, 5.41) is 3.55. The molecule has 1 heterocycles. The van der Waals surface area contributed by atoms with Crippen molar-refractivity contribution in [3.8, 4) is 0 Å². The molecule has 2 fully saturated rings. The van der Waals surface area contributed by atoms with Crippen molar-refractivity contribution < 1.29 is 4.74 Å². The van der Waals surface area contributed by atoms with Gasteiger partial charge in [0.15, 0.2) is 0 Å². The van der Waals surface area contributed by atoms with E-state index in [0.29, 0.717) is 0 Å². The van der Waals surface area contributed by atoms with E-state index in [1.54, 1.807) is 0 Å². The number of nitrogens with zero attached hydrogens (tertiary/aromatic N) is 1. The molecule has 0 amide bonds. The lowest BCUT2D eigenvalue weighted by atomic mass is 10.1. The summed E-state index contributed by atoms with van der Waals surface area (Å²) in [6.07, 6.45) is 2.77. The number of nitrogens with one attached hydrogen (secondary N) is 1. The fourth-order valence-electron chi connectivity index (χ4n) is 2.67. The van der Waals surface area contributed by atoms with Crippen LogP contribution >= 0.6 is 0 Å². The van der Waals surface area contributed by atoms with Crippen LogP contribution in [0.3, 0.4) is 0 Å². The van der Waals surface area contributed by atoms with Gasteiger partial charge in [-0.1, -0.05) is 24.3 Å². The lowest BCUT2D eigenvalue weighted by Crippen LogP contribution is -2.40. The van der Waals surface area contributed by atoms with E-state index < -0.39 is 0 Å². The third-order valence-electron chi connectivity index (χ3n) is 4.04. The number of hydrogen-bond acceptors (Lipinski definition) is 3. The minimum Gasteiger partial charge on any atom is -0.379 e. The van der Waals surface area contributed by atoms with E-state index in [9.17, 15) is 0 Å². The molecule has 104 valence electrons. The Labute approximate surface area is 115 Å². The van der Waals surface area contributed by atoms with E-state index in [1.807, 2.05) is 0 Å². The largest absolute Gasteiger partial charge is 0.379 e. The molecule has 0 bridgehead atoms. The summed E-state index contributed by atoms with van der Waals surface area (Å²) in [4.78, 5) is 2.47. The minimum absolute atomic E-state index is 0.855. The van der Waals surface area contributed by atoms with E-state index in [4.69, 9.17) is 4.74 Å². The normalized spacial score (nSPS) is 20.6. The summed E-state index contributed by atoms with van der Waals surface area (Å²) in [6, 6.07) is 9.08. The zero-order valence-corrected chi connectivity index (χ0v) is 11.6. The lowest BCUT2D eigenvalue weighted by molar-refractivity contribution is 0.0384. The van der Waals surface area contributed by atoms with Crippen LogP contribution < -0.4 is 5.32 Å². The Balaban J connectivity index is 1.38. The van der Waals surface area contributed by atoms with Gasteiger partial charge in [-0.05, 0) is 29.9 Å². The first-order valence-electron chi connectivity index (χ1n) is 7.51. The lowest BCUT2D eigenvalue weighted by Gasteiger charge is -2.26. The van der Waals surface area contributed by atoms with E-state index >= 15 is 0 Å².